The molecule has 1 saturated heterocycles. The summed E-state index contributed by atoms with van der Waals surface area (Å²) < 4.78 is 5.93. The molecule has 2 aromatic carbocycles. The lowest BCUT2D eigenvalue weighted by Crippen LogP contribution is -2.53. The van der Waals surface area contributed by atoms with Gasteiger partial charge in [0, 0.05) is 48.9 Å². The van der Waals surface area contributed by atoms with Crippen molar-refractivity contribution < 1.29 is 4.74 Å². The van der Waals surface area contributed by atoms with Gasteiger partial charge in [0.2, 0.25) is 0 Å². The monoisotopic (exact) mass is 478 g/mol. The zero-order valence-electron chi connectivity index (χ0n) is 21.0. The molecule has 36 heavy (non-hydrogen) atoms. The summed E-state index contributed by atoms with van der Waals surface area (Å²) in [5, 5.41) is 4.22. The van der Waals surface area contributed by atoms with Gasteiger partial charge in [-0.05, 0) is 45.0 Å². The van der Waals surface area contributed by atoms with Crippen molar-refractivity contribution in [1.29, 1.82) is 0 Å². The number of fused-ring (bicyclic) bond motifs is 1. The lowest BCUT2D eigenvalue weighted by molar-refractivity contribution is 0.0870. The first-order valence-corrected chi connectivity index (χ1v) is 12.0. The average Bonchev–Trinajstić information content (AvgIpc) is 2.88. The van der Waals surface area contributed by atoms with Crippen LogP contribution in [-0.2, 0) is 0 Å². The van der Waals surface area contributed by atoms with Crippen LogP contribution in [-0.4, -0.2) is 64.8 Å². The highest BCUT2D eigenvalue weighted by atomic mass is 16.5. The summed E-state index contributed by atoms with van der Waals surface area (Å²) in [6.45, 7) is 17.8. The number of hydrogen-bond donors (Lipinski definition) is 1. The molecule has 182 valence electrons. The standard InChI is InChI=1S/C29H30N6O/c1-6-22-9-8-10-24(17-22)33-28-25-18-23(27(36-7-2)19-26(25)31-20-32-28)11-12-29(3,4)35-15-13-34(14-16-35)21-30-5/h1,8-10,17-20H,7,13-16,21H2,2-4H3,(H,31,32,33). The average molecular weight is 479 g/mol. The van der Waals surface area contributed by atoms with E-state index in [9.17, 15) is 0 Å². The summed E-state index contributed by atoms with van der Waals surface area (Å²) in [6.07, 6.45) is 7.10. The predicted molar refractivity (Wildman–Crippen MR) is 144 cm³/mol. The first-order chi connectivity index (χ1) is 17.4. The number of ether oxygens (including phenoxy) is 1. The Kier molecular flexibility index (Phi) is 7.71. The molecule has 0 saturated carbocycles. The Bertz CT molecular complexity index is 1380. The van der Waals surface area contributed by atoms with Crippen LogP contribution in [0.25, 0.3) is 15.7 Å². The van der Waals surface area contributed by atoms with Crippen LogP contribution in [0, 0.1) is 30.8 Å². The van der Waals surface area contributed by atoms with Crippen molar-refractivity contribution in [3.05, 3.63) is 65.3 Å². The first kappa shape index (κ1) is 25.0. The van der Waals surface area contributed by atoms with Crippen LogP contribution in [0.4, 0.5) is 11.5 Å². The van der Waals surface area contributed by atoms with Gasteiger partial charge in [0.1, 0.15) is 17.9 Å². The molecule has 2 heterocycles. The smallest absolute Gasteiger partial charge is 0.270 e. The summed E-state index contributed by atoms with van der Waals surface area (Å²) in [6, 6.07) is 11.6. The van der Waals surface area contributed by atoms with Crippen LogP contribution in [0.15, 0.2) is 42.7 Å². The van der Waals surface area contributed by atoms with Crippen LogP contribution in [0.5, 0.6) is 5.75 Å². The number of rotatable bonds is 6. The summed E-state index contributed by atoms with van der Waals surface area (Å²) >= 11 is 0. The highest BCUT2D eigenvalue weighted by Gasteiger charge is 2.29. The van der Waals surface area contributed by atoms with E-state index < -0.39 is 0 Å². The molecule has 0 aliphatic carbocycles. The molecule has 7 nitrogen and oxygen atoms in total. The van der Waals surface area contributed by atoms with Gasteiger partial charge in [-0.1, -0.05) is 23.8 Å². The van der Waals surface area contributed by atoms with Crippen molar-refractivity contribution in [2.45, 2.75) is 26.3 Å². The fraction of sp³-hybridized carbons (Fsp3) is 0.345. The molecule has 3 aromatic rings. The Morgan fingerprint density at radius 3 is 2.69 bits per heavy atom. The highest BCUT2D eigenvalue weighted by Crippen LogP contribution is 2.30. The van der Waals surface area contributed by atoms with Crippen LogP contribution in [0.1, 0.15) is 31.9 Å². The summed E-state index contributed by atoms with van der Waals surface area (Å²) in [7, 11) is 0. The summed E-state index contributed by atoms with van der Waals surface area (Å²) in [5.41, 5.74) is 2.88. The van der Waals surface area contributed by atoms with Gasteiger partial charge in [0.15, 0.2) is 0 Å². The molecule has 7 heteroatoms. The van der Waals surface area contributed by atoms with E-state index in [0.717, 1.165) is 53.9 Å². The van der Waals surface area contributed by atoms with E-state index in [4.69, 9.17) is 17.7 Å². The first-order valence-electron chi connectivity index (χ1n) is 12.0. The van der Waals surface area contributed by atoms with Gasteiger partial charge in [-0.15, -0.1) is 6.42 Å². The maximum absolute atomic E-state index is 7.10. The minimum absolute atomic E-state index is 0.327. The molecular formula is C29H30N6O. The van der Waals surface area contributed by atoms with E-state index in [-0.39, 0.29) is 5.54 Å². The van der Waals surface area contributed by atoms with Gasteiger partial charge in [0.05, 0.1) is 23.2 Å². The number of anilines is 2. The fourth-order valence-electron chi connectivity index (χ4n) is 4.23. The SMILES string of the molecule is [C-]#[N+]CN1CCN(C(C)(C)C#Cc2cc3c(Nc4cccc(C#C)c4)ncnc3cc2OCC)CC1. The topological polar surface area (TPSA) is 57.9 Å². The number of aromatic nitrogens is 2. The molecule has 1 aliphatic rings. The summed E-state index contributed by atoms with van der Waals surface area (Å²) in [5.74, 6) is 10.9. The molecule has 1 N–H and O–H groups in total. The normalized spacial score (nSPS) is 14.4. The van der Waals surface area contributed by atoms with Crippen molar-refractivity contribution in [1.82, 2.24) is 19.8 Å². The minimum Gasteiger partial charge on any atom is -0.492 e. The maximum atomic E-state index is 7.10. The quantitative estimate of drug-likeness (QED) is 0.419. The maximum Gasteiger partial charge on any atom is 0.270 e. The summed E-state index contributed by atoms with van der Waals surface area (Å²) in [4.78, 5) is 17.0. The van der Waals surface area contributed by atoms with Crippen LogP contribution in [0.3, 0.4) is 0 Å². The number of benzene rings is 2. The molecule has 4 rings (SSSR count). The number of hydrogen-bond acceptors (Lipinski definition) is 6. The molecule has 0 bridgehead atoms. The number of terminal acetylenes is 1. The van der Waals surface area contributed by atoms with Gasteiger partial charge in [0.25, 0.3) is 6.67 Å². The second kappa shape index (κ2) is 11.1. The van der Waals surface area contributed by atoms with E-state index >= 15 is 0 Å². The zero-order valence-corrected chi connectivity index (χ0v) is 21.0. The Balaban J connectivity index is 1.66. The van der Waals surface area contributed by atoms with Gasteiger partial charge in [-0.2, -0.15) is 0 Å². The van der Waals surface area contributed by atoms with Crippen LogP contribution < -0.4 is 10.1 Å². The minimum atomic E-state index is -0.327. The Morgan fingerprint density at radius 1 is 1.17 bits per heavy atom. The predicted octanol–water partition coefficient (Wildman–Crippen LogP) is 4.38. The van der Waals surface area contributed by atoms with Crippen molar-refractivity contribution in [3.63, 3.8) is 0 Å². The molecule has 0 radical (unpaired) electrons. The lowest BCUT2D eigenvalue weighted by atomic mass is 10.0. The highest BCUT2D eigenvalue weighted by molar-refractivity contribution is 5.93. The molecule has 1 aliphatic heterocycles. The van der Waals surface area contributed by atoms with E-state index in [1.807, 2.05) is 43.3 Å². The third kappa shape index (κ3) is 5.75. The molecule has 1 fully saturated rings. The third-order valence-electron chi connectivity index (χ3n) is 6.27. The number of nitrogens with one attached hydrogen (secondary N) is 1. The molecular weight excluding hydrogens is 448 g/mol. The lowest BCUT2D eigenvalue weighted by Gasteiger charge is -2.40. The van der Waals surface area contributed by atoms with Crippen molar-refractivity contribution in [2.24, 2.45) is 0 Å². The van der Waals surface area contributed by atoms with E-state index in [2.05, 4.69) is 61.5 Å². The van der Waals surface area contributed by atoms with Gasteiger partial charge in [-0.25, -0.2) is 21.4 Å². The van der Waals surface area contributed by atoms with Gasteiger partial charge >= 0.3 is 0 Å². The van der Waals surface area contributed by atoms with E-state index in [0.29, 0.717) is 24.8 Å². The van der Waals surface area contributed by atoms with Gasteiger partial charge in [-0.3, -0.25) is 9.74 Å². The van der Waals surface area contributed by atoms with Gasteiger partial charge < -0.3 is 10.1 Å². The second-order valence-electron chi connectivity index (χ2n) is 9.08. The van der Waals surface area contributed by atoms with E-state index in [1.165, 1.54) is 6.33 Å². The van der Waals surface area contributed by atoms with Crippen molar-refractivity contribution in [3.8, 4) is 29.9 Å². The third-order valence-corrected chi connectivity index (χ3v) is 6.27. The molecule has 0 atom stereocenters. The van der Waals surface area contributed by atoms with Crippen molar-refractivity contribution in [2.75, 3.05) is 44.8 Å². The Morgan fingerprint density at radius 2 is 1.97 bits per heavy atom. The fourth-order valence-corrected chi connectivity index (χ4v) is 4.23. The largest absolute Gasteiger partial charge is 0.492 e. The molecule has 0 unspecified atom stereocenters. The number of nitrogens with zero attached hydrogens (tertiary/aromatic N) is 5. The molecule has 1 aromatic heterocycles. The second-order valence-corrected chi connectivity index (χ2v) is 9.08. The molecule has 0 amide bonds. The van der Waals surface area contributed by atoms with Crippen LogP contribution >= 0.6 is 0 Å². The van der Waals surface area contributed by atoms with Crippen molar-refractivity contribution >= 4 is 22.4 Å². The Hall–Kier alpha value is -4.09. The number of piperazine rings is 1. The zero-order chi connectivity index (χ0) is 25.5. The van der Waals surface area contributed by atoms with E-state index in [1.54, 1.807) is 0 Å². The molecule has 0 spiro atoms. The van der Waals surface area contributed by atoms with Crippen LogP contribution in [0.2, 0.25) is 0 Å². The Labute approximate surface area is 213 Å².